The molecule has 3 N–H and O–H groups in total. The molecule has 0 saturated carbocycles. The molecule has 0 unspecified atom stereocenters. The molecule has 0 fully saturated rings. The van der Waals surface area contributed by atoms with Crippen LogP contribution in [0, 0.1) is 0 Å². The molecule has 0 heterocycles. The Morgan fingerprint density at radius 2 is 1.61 bits per heavy atom. The van der Waals surface area contributed by atoms with Gasteiger partial charge in [-0.15, -0.1) is 0 Å². The number of benzene rings is 3. The van der Waals surface area contributed by atoms with Gasteiger partial charge in [-0.05, 0) is 47.5 Å². The largest absolute Gasteiger partial charge is 0.452 e. The van der Waals surface area contributed by atoms with Gasteiger partial charge in [0, 0.05) is 5.69 Å². The van der Waals surface area contributed by atoms with Crippen LogP contribution in [0.3, 0.4) is 0 Å². The topological polar surface area (TPSA) is 116 Å². The van der Waals surface area contributed by atoms with Crippen molar-refractivity contribution in [2.24, 2.45) is 5.14 Å². The summed E-state index contributed by atoms with van der Waals surface area (Å²) in [6.45, 7) is -0.681. The van der Waals surface area contributed by atoms with Crippen molar-refractivity contribution in [3.63, 3.8) is 0 Å². The molecule has 0 aromatic heterocycles. The fourth-order valence-corrected chi connectivity index (χ4v) is 3.47. The second-order valence-electron chi connectivity index (χ2n) is 6.82. The molecule has 0 spiro atoms. The number of sulfonamides is 1. The number of nitrogens with two attached hydrogens (primary N) is 1. The van der Waals surface area contributed by atoms with E-state index in [0.717, 1.165) is 18.2 Å². The molecule has 0 saturated heterocycles. The van der Waals surface area contributed by atoms with Crippen LogP contribution in [0.15, 0.2) is 77.7 Å². The highest BCUT2D eigenvalue weighted by molar-refractivity contribution is 7.89. The summed E-state index contributed by atoms with van der Waals surface area (Å²) in [5.74, 6) is -1.60. The summed E-state index contributed by atoms with van der Waals surface area (Å²) in [6, 6.07) is 15.6. The Labute approximate surface area is 187 Å². The monoisotopic (exact) mass is 478 g/mol. The first-order valence-electron chi connectivity index (χ1n) is 9.31. The Balaban J connectivity index is 1.70. The van der Waals surface area contributed by atoms with Crippen LogP contribution in [0.4, 0.5) is 18.9 Å². The quantitative estimate of drug-likeness (QED) is 0.523. The van der Waals surface area contributed by atoms with Crippen LogP contribution in [-0.2, 0) is 25.7 Å². The molecule has 3 aromatic carbocycles. The molecule has 172 valence electrons. The van der Waals surface area contributed by atoms with E-state index < -0.39 is 40.2 Å². The first-order valence-corrected chi connectivity index (χ1v) is 10.9. The van der Waals surface area contributed by atoms with Crippen molar-refractivity contribution in [1.82, 2.24) is 0 Å². The molecule has 33 heavy (non-hydrogen) atoms. The Morgan fingerprint density at radius 3 is 2.24 bits per heavy atom. The maximum atomic E-state index is 12.8. The highest BCUT2D eigenvalue weighted by atomic mass is 32.2. The number of alkyl halides is 3. The van der Waals surface area contributed by atoms with Gasteiger partial charge in [-0.3, -0.25) is 4.79 Å². The van der Waals surface area contributed by atoms with Gasteiger partial charge < -0.3 is 10.1 Å². The van der Waals surface area contributed by atoms with Gasteiger partial charge in [0.2, 0.25) is 10.0 Å². The van der Waals surface area contributed by atoms with Gasteiger partial charge >= 0.3 is 12.1 Å². The molecule has 0 aliphatic heterocycles. The Kier molecular flexibility index (Phi) is 6.84. The highest BCUT2D eigenvalue weighted by Gasteiger charge is 2.30. The van der Waals surface area contributed by atoms with Gasteiger partial charge in [-0.25, -0.2) is 18.4 Å². The third-order valence-electron chi connectivity index (χ3n) is 4.45. The maximum absolute atomic E-state index is 12.8. The van der Waals surface area contributed by atoms with Crippen LogP contribution in [0.1, 0.15) is 15.9 Å². The van der Waals surface area contributed by atoms with E-state index in [1.54, 1.807) is 12.1 Å². The van der Waals surface area contributed by atoms with Crippen LogP contribution < -0.4 is 10.5 Å². The number of rotatable bonds is 6. The summed E-state index contributed by atoms with van der Waals surface area (Å²) in [5, 5.41) is 7.43. The van der Waals surface area contributed by atoms with Crippen molar-refractivity contribution in [2.75, 3.05) is 11.9 Å². The number of nitrogens with one attached hydrogen (secondary N) is 1. The minimum Gasteiger partial charge on any atom is -0.452 e. The summed E-state index contributed by atoms with van der Waals surface area (Å²) in [4.78, 5) is 24.4. The second-order valence-corrected chi connectivity index (χ2v) is 8.38. The van der Waals surface area contributed by atoms with Crippen LogP contribution in [-0.4, -0.2) is 26.9 Å². The minimum absolute atomic E-state index is 0.0567. The third-order valence-corrected chi connectivity index (χ3v) is 5.36. The van der Waals surface area contributed by atoms with E-state index in [9.17, 15) is 31.2 Å². The molecule has 0 aliphatic carbocycles. The predicted molar refractivity (Wildman–Crippen MR) is 114 cm³/mol. The molecule has 0 aliphatic rings. The number of anilines is 1. The molecule has 0 atom stereocenters. The fourth-order valence-electron chi connectivity index (χ4n) is 2.91. The van der Waals surface area contributed by atoms with Crippen LogP contribution in [0.5, 0.6) is 0 Å². The second kappa shape index (κ2) is 9.43. The van der Waals surface area contributed by atoms with Crippen LogP contribution in [0.2, 0.25) is 0 Å². The van der Waals surface area contributed by atoms with Gasteiger partial charge in [-0.2, -0.15) is 13.2 Å². The summed E-state index contributed by atoms with van der Waals surface area (Å²) < 4.78 is 66.2. The number of primary sulfonamides is 1. The van der Waals surface area contributed by atoms with E-state index >= 15 is 0 Å². The fraction of sp³-hybridized carbons (Fsp3) is 0.0909. The zero-order valence-electron chi connectivity index (χ0n) is 16.8. The summed E-state index contributed by atoms with van der Waals surface area (Å²) in [6.07, 6.45) is -4.49. The van der Waals surface area contributed by atoms with E-state index in [0.29, 0.717) is 11.1 Å². The maximum Gasteiger partial charge on any atom is 0.416 e. The van der Waals surface area contributed by atoms with E-state index in [-0.39, 0.29) is 16.1 Å². The number of hydrogen-bond acceptors (Lipinski definition) is 5. The first-order chi connectivity index (χ1) is 15.4. The zero-order valence-corrected chi connectivity index (χ0v) is 17.6. The van der Waals surface area contributed by atoms with Gasteiger partial charge in [0.15, 0.2) is 6.61 Å². The van der Waals surface area contributed by atoms with E-state index in [4.69, 9.17) is 9.88 Å². The van der Waals surface area contributed by atoms with Gasteiger partial charge in [0.25, 0.3) is 5.91 Å². The molecule has 3 rings (SSSR count). The van der Waals surface area contributed by atoms with Gasteiger partial charge in [0.05, 0.1) is 16.0 Å². The molecule has 7 nitrogen and oxygen atoms in total. The van der Waals surface area contributed by atoms with Crippen molar-refractivity contribution in [3.8, 4) is 11.1 Å². The van der Waals surface area contributed by atoms with E-state index in [1.165, 1.54) is 42.5 Å². The first kappa shape index (κ1) is 24.0. The average Bonchev–Trinajstić information content (AvgIpc) is 2.76. The van der Waals surface area contributed by atoms with Crippen LogP contribution in [0.25, 0.3) is 11.1 Å². The Hall–Kier alpha value is -3.70. The smallest absolute Gasteiger partial charge is 0.416 e. The molecule has 3 aromatic rings. The van der Waals surface area contributed by atoms with Crippen molar-refractivity contribution in [2.45, 2.75) is 11.1 Å². The number of carbonyl (C=O) groups is 2. The average molecular weight is 478 g/mol. The SMILES string of the molecule is NS(=O)(=O)c1cccc(NC(=O)COC(=O)c2ccccc2-c2ccc(C(F)(F)F)cc2)c1. The molecule has 0 radical (unpaired) electrons. The number of esters is 1. The van der Waals surface area contributed by atoms with Gasteiger partial charge in [0.1, 0.15) is 0 Å². The predicted octanol–water partition coefficient (Wildman–Crippen LogP) is 3.82. The Bertz CT molecular complexity index is 1290. The van der Waals surface area contributed by atoms with E-state index in [2.05, 4.69) is 5.32 Å². The van der Waals surface area contributed by atoms with Crippen molar-refractivity contribution in [1.29, 1.82) is 0 Å². The normalized spacial score (nSPS) is 11.6. The lowest BCUT2D eigenvalue weighted by Crippen LogP contribution is -2.21. The van der Waals surface area contributed by atoms with Crippen molar-refractivity contribution >= 4 is 27.6 Å². The number of amides is 1. The lowest BCUT2D eigenvalue weighted by molar-refractivity contribution is -0.137. The molecule has 1 amide bonds. The summed E-state index contributed by atoms with van der Waals surface area (Å²) >= 11 is 0. The third kappa shape index (κ3) is 6.18. The highest BCUT2D eigenvalue weighted by Crippen LogP contribution is 2.32. The Morgan fingerprint density at radius 1 is 0.939 bits per heavy atom. The van der Waals surface area contributed by atoms with E-state index in [1.807, 2.05) is 0 Å². The molecular formula is C22H17F3N2O5S. The number of halogens is 3. The molecule has 11 heteroatoms. The standard InChI is InChI=1S/C22H17F3N2O5S/c23-22(24,25)15-10-8-14(9-11-15)18-6-1-2-7-19(18)21(29)32-13-20(28)27-16-4-3-5-17(12-16)33(26,30)31/h1-12H,13H2,(H,27,28)(H2,26,30,31). The number of hydrogen-bond donors (Lipinski definition) is 2. The number of carbonyl (C=O) groups excluding carboxylic acids is 2. The molecular weight excluding hydrogens is 461 g/mol. The minimum atomic E-state index is -4.49. The number of ether oxygens (including phenoxy) is 1. The van der Waals surface area contributed by atoms with Crippen molar-refractivity contribution < 1.29 is 35.9 Å². The summed E-state index contributed by atoms with van der Waals surface area (Å²) in [5.41, 5.74) is 0.0563. The lowest BCUT2D eigenvalue weighted by Gasteiger charge is -2.12. The summed E-state index contributed by atoms with van der Waals surface area (Å²) in [7, 11) is -3.96. The van der Waals surface area contributed by atoms with Crippen molar-refractivity contribution in [3.05, 3.63) is 83.9 Å². The zero-order chi connectivity index (χ0) is 24.2. The lowest BCUT2D eigenvalue weighted by atomic mass is 9.98. The van der Waals surface area contributed by atoms with Gasteiger partial charge in [-0.1, -0.05) is 36.4 Å². The molecule has 0 bridgehead atoms. The van der Waals surface area contributed by atoms with Crippen LogP contribution >= 0.6 is 0 Å².